The molecule has 0 radical (unpaired) electrons. The number of carbonyl (C=O) groups excluding carboxylic acids is 1. The van der Waals surface area contributed by atoms with E-state index in [1.165, 1.54) is 6.42 Å². The van der Waals surface area contributed by atoms with Gasteiger partial charge >= 0.3 is 0 Å². The van der Waals surface area contributed by atoms with Gasteiger partial charge in [-0.05, 0) is 50.4 Å². The second-order valence-electron chi connectivity index (χ2n) is 6.22. The van der Waals surface area contributed by atoms with E-state index in [0.29, 0.717) is 18.3 Å². The minimum absolute atomic E-state index is 0.0233. The third-order valence-electron chi connectivity index (χ3n) is 4.86. The van der Waals surface area contributed by atoms with Gasteiger partial charge in [0.25, 0.3) is 0 Å². The molecule has 0 heterocycles. The Bertz CT molecular complexity index is 368. The molecule has 4 saturated carbocycles. The molecule has 0 amide bonds. The van der Waals surface area contributed by atoms with Gasteiger partial charge in [-0.25, -0.2) is 0 Å². The van der Waals surface area contributed by atoms with Crippen LogP contribution < -0.4 is 0 Å². The van der Waals surface area contributed by atoms with Crippen LogP contribution in [0.1, 0.15) is 44.9 Å². The lowest BCUT2D eigenvalue weighted by Crippen LogP contribution is -2.58. The topological polar surface area (TPSA) is 61.1 Å². The molecule has 1 N–H and O–H groups in total. The first-order valence-electron chi connectivity index (χ1n) is 6.18. The van der Waals surface area contributed by atoms with E-state index in [1.54, 1.807) is 0 Å². The lowest BCUT2D eigenvalue weighted by Gasteiger charge is -2.59. The summed E-state index contributed by atoms with van der Waals surface area (Å²) in [6, 6.07) is 1.97. The van der Waals surface area contributed by atoms with Crippen LogP contribution in [-0.4, -0.2) is 16.5 Å². The molecule has 4 aliphatic carbocycles. The molecule has 3 nitrogen and oxygen atoms in total. The van der Waals surface area contributed by atoms with E-state index >= 15 is 0 Å². The maximum Gasteiger partial charge on any atom is 0.153 e. The molecule has 4 bridgehead atoms. The van der Waals surface area contributed by atoms with Crippen LogP contribution in [0.5, 0.6) is 0 Å². The van der Waals surface area contributed by atoms with Gasteiger partial charge in [-0.1, -0.05) is 0 Å². The summed E-state index contributed by atoms with van der Waals surface area (Å²) in [6.45, 7) is 0. The Hall–Kier alpha value is -0.880. The van der Waals surface area contributed by atoms with E-state index in [2.05, 4.69) is 0 Å². The summed E-state index contributed by atoms with van der Waals surface area (Å²) >= 11 is 0. The van der Waals surface area contributed by atoms with E-state index in [0.717, 1.165) is 25.7 Å². The second kappa shape index (κ2) is 3.07. The highest BCUT2D eigenvalue weighted by atomic mass is 16.3. The lowest BCUT2D eigenvalue weighted by atomic mass is 9.47. The van der Waals surface area contributed by atoms with Gasteiger partial charge in [0.2, 0.25) is 0 Å². The molecule has 2 unspecified atom stereocenters. The quantitative estimate of drug-likeness (QED) is 0.770. The molecule has 4 rings (SSSR count). The van der Waals surface area contributed by atoms with Crippen molar-refractivity contribution in [2.24, 2.45) is 17.3 Å². The van der Waals surface area contributed by atoms with E-state index in [9.17, 15) is 9.90 Å². The zero-order valence-corrected chi connectivity index (χ0v) is 9.41. The van der Waals surface area contributed by atoms with Crippen LogP contribution in [0.4, 0.5) is 0 Å². The van der Waals surface area contributed by atoms with Crippen molar-refractivity contribution in [1.82, 2.24) is 0 Å². The molecule has 0 spiro atoms. The van der Waals surface area contributed by atoms with Crippen LogP contribution in [-0.2, 0) is 4.79 Å². The largest absolute Gasteiger partial charge is 0.390 e. The van der Waals surface area contributed by atoms with Crippen LogP contribution in [0, 0.1) is 28.6 Å². The predicted molar refractivity (Wildman–Crippen MR) is 57.3 cm³/mol. The number of carbonyl (C=O) groups is 1. The number of Topliss-reactive ketones (excluding diaryl/α,β-unsaturated/α-hetero) is 1. The van der Waals surface area contributed by atoms with Gasteiger partial charge < -0.3 is 5.11 Å². The summed E-state index contributed by atoms with van der Waals surface area (Å²) in [5, 5.41) is 19.1. The summed E-state index contributed by atoms with van der Waals surface area (Å²) in [5.74, 6) is 1.13. The summed E-state index contributed by atoms with van der Waals surface area (Å²) < 4.78 is 0. The molecule has 4 fully saturated rings. The number of rotatable bonds is 2. The first-order chi connectivity index (χ1) is 7.55. The molecule has 0 aromatic carbocycles. The SMILES string of the molecule is N#CCC(=O)C12CC3CC(CC(O)(C3)C1)C2. The highest BCUT2D eigenvalue weighted by Crippen LogP contribution is 2.62. The van der Waals surface area contributed by atoms with Crippen molar-refractivity contribution < 1.29 is 9.90 Å². The molecular weight excluding hydrogens is 202 g/mol. The predicted octanol–water partition coefficient (Wildman–Crippen LogP) is 1.80. The standard InChI is InChI=1S/C13H17NO2/c14-2-1-11(15)12-4-9-3-10(5-12)7-13(16,6-9)8-12/h9-10,16H,1,3-8H2. The Morgan fingerprint density at radius 3 is 2.44 bits per heavy atom. The summed E-state index contributed by atoms with van der Waals surface area (Å²) in [5.41, 5.74) is -0.927. The van der Waals surface area contributed by atoms with E-state index in [1.807, 2.05) is 6.07 Å². The normalized spacial score (nSPS) is 49.0. The molecular formula is C13H17NO2. The molecule has 16 heavy (non-hydrogen) atoms. The summed E-state index contributed by atoms with van der Waals surface area (Å²) in [6.07, 6.45) is 5.43. The Morgan fingerprint density at radius 1 is 1.31 bits per heavy atom. The van der Waals surface area contributed by atoms with Crippen molar-refractivity contribution in [1.29, 1.82) is 5.26 Å². The smallest absolute Gasteiger partial charge is 0.153 e. The number of nitrogens with zero attached hydrogens (tertiary/aromatic N) is 1. The minimum atomic E-state index is -0.588. The van der Waals surface area contributed by atoms with Crippen LogP contribution in [0.25, 0.3) is 0 Å². The number of hydrogen-bond acceptors (Lipinski definition) is 3. The second-order valence-corrected chi connectivity index (χ2v) is 6.22. The monoisotopic (exact) mass is 219 g/mol. The highest BCUT2D eigenvalue weighted by Gasteiger charge is 2.59. The van der Waals surface area contributed by atoms with E-state index in [4.69, 9.17) is 5.26 Å². The van der Waals surface area contributed by atoms with Crippen molar-refractivity contribution in [2.75, 3.05) is 0 Å². The number of hydrogen-bond donors (Lipinski definition) is 1. The van der Waals surface area contributed by atoms with Gasteiger partial charge in [-0.2, -0.15) is 5.26 Å². The van der Waals surface area contributed by atoms with Crippen LogP contribution in [0.2, 0.25) is 0 Å². The van der Waals surface area contributed by atoms with Gasteiger partial charge in [0, 0.05) is 5.41 Å². The maximum absolute atomic E-state index is 12.1. The third-order valence-corrected chi connectivity index (χ3v) is 4.86. The van der Waals surface area contributed by atoms with Crippen molar-refractivity contribution >= 4 is 5.78 Å². The molecule has 0 aromatic heterocycles. The van der Waals surface area contributed by atoms with Crippen molar-refractivity contribution in [2.45, 2.75) is 50.5 Å². The van der Waals surface area contributed by atoms with Crippen molar-refractivity contribution in [3.05, 3.63) is 0 Å². The first-order valence-corrected chi connectivity index (χ1v) is 6.18. The van der Waals surface area contributed by atoms with Crippen LogP contribution in [0.3, 0.4) is 0 Å². The Morgan fingerprint density at radius 2 is 1.94 bits per heavy atom. The van der Waals surface area contributed by atoms with Gasteiger partial charge in [0.05, 0.1) is 18.1 Å². The minimum Gasteiger partial charge on any atom is -0.390 e. The molecule has 4 aliphatic rings. The average molecular weight is 219 g/mol. The van der Waals surface area contributed by atoms with Crippen molar-refractivity contribution in [3.63, 3.8) is 0 Å². The van der Waals surface area contributed by atoms with E-state index in [-0.39, 0.29) is 17.6 Å². The van der Waals surface area contributed by atoms with Crippen LogP contribution >= 0.6 is 0 Å². The fourth-order valence-corrected chi connectivity index (χ4v) is 4.80. The maximum atomic E-state index is 12.1. The van der Waals surface area contributed by atoms with Crippen molar-refractivity contribution in [3.8, 4) is 6.07 Å². The lowest BCUT2D eigenvalue weighted by molar-refractivity contribution is -0.175. The van der Waals surface area contributed by atoms with Gasteiger partial charge in [-0.3, -0.25) is 4.79 Å². The average Bonchev–Trinajstić information content (AvgIpc) is 2.13. The fourth-order valence-electron chi connectivity index (χ4n) is 4.80. The summed E-state index contributed by atoms with van der Waals surface area (Å²) in [4.78, 5) is 12.1. The summed E-state index contributed by atoms with van der Waals surface area (Å²) in [7, 11) is 0. The molecule has 0 saturated heterocycles. The van der Waals surface area contributed by atoms with Crippen LogP contribution in [0.15, 0.2) is 0 Å². The molecule has 86 valence electrons. The van der Waals surface area contributed by atoms with E-state index < -0.39 is 5.60 Å². The van der Waals surface area contributed by atoms with Gasteiger partial charge in [-0.15, -0.1) is 0 Å². The van der Waals surface area contributed by atoms with Gasteiger partial charge in [0.1, 0.15) is 0 Å². The number of aliphatic hydroxyl groups is 1. The fraction of sp³-hybridized carbons (Fsp3) is 0.846. The third kappa shape index (κ3) is 1.33. The molecule has 3 heteroatoms. The van der Waals surface area contributed by atoms with Gasteiger partial charge in [0.15, 0.2) is 5.78 Å². The number of nitriles is 1. The zero-order valence-electron chi connectivity index (χ0n) is 9.41. The highest BCUT2D eigenvalue weighted by molar-refractivity contribution is 5.87. The Labute approximate surface area is 95.4 Å². The number of ketones is 1. The first kappa shape index (κ1) is 10.3. The molecule has 0 aliphatic heterocycles. The Balaban J connectivity index is 1.92. The molecule has 2 atom stereocenters. The molecule has 0 aromatic rings. The zero-order chi connectivity index (χ0) is 11.4. The Kier molecular flexibility index (Phi) is 1.98.